The Labute approximate surface area is 114 Å². The molecule has 0 amide bonds. The maximum Gasteiger partial charge on any atom is 0.241 e. The van der Waals surface area contributed by atoms with E-state index in [0.29, 0.717) is 10.8 Å². The summed E-state index contributed by atoms with van der Waals surface area (Å²) >= 11 is 11.5. The molecule has 0 aliphatic carbocycles. The lowest BCUT2D eigenvalue weighted by molar-refractivity contribution is 0.380. The van der Waals surface area contributed by atoms with Crippen molar-refractivity contribution in [3.63, 3.8) is 0 Å². The van der Waals surface area contributed by atoms with Gasteiger partial charge in [0.05, 0.1) is 27.7 Å². The van der Waals surface area contributed by atoms with E-state index < -0.39 is 10.0 Å². The Kier molecular flexibility index (Phi) is 3.91. The van der Waals surface area contributed by atoms with Crippen LogP contribution in [0.15, 0.2) is 39.9 Å². The summed E-state index contributed by atoms with van der Waals surface area (Å²) in [4.78, 5) is 0.0383. The van der Waals surface area contributed by atoms with Crippen LogP contribution in [0.4, 0.5) is 0 Å². The zero-order chi connectivity index (χ0) is 13.2. The summed E-state index contributed by atoms with van der Waals surface area (Å²) in [5.41, 5.74) is 0. The minimum Gasteiger partial charge on any atom is -0.360 e. The smallest absolute Gasteiger partial charge is 0.241 e. The van der Waals surface area contributed by atoms with Crippen molar-refractivity contribution in [2.45, 2.75) is 11.4 Å². The second kappa shape index (κ2) is 5.27. The minimum atomic E-state index is -3.66. The van der Waals surface area contributed by atoms with Gasteiger partial charge in [-0.3, -0.25) is 0 Å². The van der Waals surface area contributed by atoms with Gasteiger partial charge in [-0.2, -0.15) is 0 Å². The number of hydrogen-bond acceptors (Lipinski definition) is 4. The van der Waals surface area contributed by atoms with Crippen LogP contribution in [0.5, 0.6) is 0 Å². The van der Waals surface area contributed by atoms with Crippen LogP contribution in [-0.4, -0.2) is 13.6 Å². The standard InChI is InChI=1S/C10H8Cl2N2O3S/c11-9-2-1-8(5-10(9)12)18(15,16)14-6-7-3-4-13-17-7/h1-5,14H,6H2. The number of nitrogens with one attached hydrogen (secondary N) is 1. The highest BCUT2D eigenvalue weighted by molar-refractivity contribution is 7.89. The summed E-state index contributed by atoms with van der Waals surface area (Å²) < 4.78 is 31.0. The van der Waals surface area contributed by atoms with Gasteiger partial charge in [-0.1, -0.05) is 28.4 Å². The average molecular weight is 307 g/mol. The minimum absolute atomic E-state index is 0.0164. The lowest BCUT2D eigenvalue weighted by Crippen LogP contribution is -2.23. The number of benzene rings is 1. The van der Waals surface area contributed by atoms with Gasteiger partial charge in [0.1, 0.15) is 0 Å². The number of sulfonamides is 1. The molecule has 0 bridgehead atoms. The van der Waals surface area contributed by atoms with Gasteiger partial charge in [0.2, 0.25) is 10.0 Å². The molecule has 1 aromatic carbocycles. The predicted octanol–water partition coefficient (Wildman–Crippen LogP) is 2.46. The topological polar surface area (TPSA) is 72.2 Å². The van der Waals surface area contributed by atoms with Crippen molar-refractivity contribution in [1.29, 1.82) is 0 Å². The van der Waals surface area contributed by atoms with E-state index in [1.807, 2.05) is 0 Å². The van der Waals surface area contributed by atoms with Crippen LogP contribution in [0, 0.1) is 0 Å². The first kappa shape index (κ1) is 13.4. The summed E-state index contributed by atoms with van der Waals surface area (Å²) in [7, 11) is -3.66. The Morgan fingerprint density at radius 3 is 2.61 bits per heavy atom. The first-order valence-corrected chi connectivity index (χ1v) is 7.07. The molecular weight excluding hydrogens is 299 g/mol. The monoisotopic (exact) mass is 306 g/mol. The molecule has 2 rings (SSSR count). The Hall–Kier alpha value is -1.08. The van der Waals surface area contributed by atoms with Crippen molar-refractivity contribution in [1.82, 2.24) is 9.88 Å². The van der Waals surface area contributed by atoms with Gasteiger partial charge in [-0.25, -0.2) is 13.1 Å². The molecule has 96 valence electrons. The Morgan fingerprint density at radius 1 is 1.22 bits per heavy atom. The number of aromatic nitrogens is 1. The zero-order valence-corrected chi connectivity index (χ0v) is 11.3. The molecule has 0 unspecified atom stereocenters. The summed E-state index contributed by atoms with van der Waals surface area (Å²) in [6, 6.07) is 5.65. The van der Waals surface area contributed by atoms with Crippen LogP contribution in [-0.2, 0) is 16.6 Å². The lowest BCUT2D eigenvalue weighted by atomic mass is 10.4. The Balaban J connectivity index is 2.17. The van der Waals surface area contributed by atoms with E-state index in [1.54, 1.807) is 6.07 Å². The summed E-state index contributed by atoms with van der Waals surface area (Å²) in [6.07, 6.45) is 1.43. The molecule has 0 spiro atoms. The fraction of sp³-hybridized carbons (Fsp3) is 0.100. The van der Waals surface area contributed by atoms with Crippen molar-refractivity contribution in [3.05, 3.63) is 46.3 Å². The van der Waals surface area contributed by atoms with Crippen LogP contribution < -0.4 is 4.72 Å². The molecule has 0 fully saturated rings. The SMILES string of the molecule is O=S(=O)(NCc1ccno1)c1ccc(Cl)c(Cl)c1. The maximum atomic E-state index is 11.9. The highest BCUT2D eigenvalue weighted by atomic mass is 35.5. The largest absolute Gasteiger partial charge is 0.360 e. The predicted molar refractivity (Wildman–Crippen MR) is 67.0 cm³/mol. The van der Waals surface area contributed by atoms with Gasteiger partial charge in [0.25, 0.3) is 0 Å². The molecular formula is C10H8Cl2N2O3S. The van der Waals surface area contributed by atoms with E-state index in [2.05, 4.69) is 9.88 Å². The third-order valence-electron chi connectivity index (χ3n) is 2.13. The number of rotatable bonds is 4. The van der Waals surface area contributed by atoms with E-state index in [1.165, 1.54) is 24.4 Å². The van der Waals surface area contributed by atoms with Crippen LogP contribution in [0.1, 0.15) is 5.76 Å². The van der Waals surface area contributed by atoms with Crippen molar-refractivity contribution in [3.8, 4) is 0 Å². The maximum absolute atomic E-state index is 11.9. The van der Waals surface area contributed by atoms with Crippen molar-refractivity contribution >= 4 is 33.2 Å². The second-order valence-corrected chi connectivity index (χ2v) is 5.96. The number of nitrogens with zero attached hydrogens (tertiary/aromatic N) is 1. The highest BCUT2D eigenvalue weighted by Crippen LogP contribution is 2.24. The van der Waals surface area contributed by atoms with Crippen molar-refractivity contribution < 1.29 is 12.9 Å². The molecule has 2 aromatic rings. The van der Waals surface area contributed by atoms with Crippen molar-refractivity contribution in [2.24, 2.45) is 0 Å². The molecule has 1 heterocycles. The second-order valence-electron chi connectivity index (χ2n) is 3.38. The van der Waals surface area contributed by atoms with E-state index in [9.17, 15) is 8.42 Å². The van der Waals surface area contributed by atoms with Gasteiger partial charge in [0, 0.05) is 6.07 Å². The third kappa shape index (κ3) is 3.02. The van der Waals surface area contributed by atoms with Gasteiger partial charge >= 0.3 is 0 Å². The van der Waals surface area contributed by atoms with Gasteiger partial charge in [0.15, 0.2) is 5.76 Å². The fourth-order valence-electron chi connectivity index (χ4n) is 1.23. The van der Waals surface area contributed by atoms with Gasteiger partial charge in [-0.05, 0) is 18.2 Å². The Morgan fingerprint density at radius 2 is 2.00 bits per heavy atom. The molecule has 0 aliphatic heterocycles. The summed E-state index contributed by atoms with van der Waals surface area (Å²) in [5.74, 6) is 0.415. The zero-order valence-electron chi connectivity index (χ0n) is 8.93. The van der Waals surface area contributed by atoms with Crippen LogP contribution in [0.2, 0.25) is 10.0 Å². The average Bonchev–Trinajstić information content (AvgIpc) is 2.83. The van der Waals surface area contributed by atoms with E-state index in [-0.39, 0.29) is 16.5 Å². The first-order valence-electron chi connectivity index (χ1n) is 4.83. The fourth-order valence-corrected chi connectivity index (χ4v) is 2.61. The van der Waals surface area contributed by atoms with Crippen molar-refractivity contribution in [2.75, 3.05) is 0 Å². The van der Waals surface area contributed by atoms with E-state index in [0.717, 1.165) is 0 Å². The first-order chi connectivity index (χ1) is 8.49. The number of hydrogen-bond donors (Lipinski definition) is 1. The van der Waals surface area contributed by atoms with Crippen LogP contribution >= 0.6 is 23.2 Å². The Bertz CT molecular complexity index is 641. The summed E-state index contributed by atoms with van der Waals surface area (Å²) in [5, 5.41) is 3.95. The van der Waals surface area contributed by atoms with Crippen LogP contribution in [0.25, 0.3) is 0 Å². The molecule has 0 saturated carbocycles. The third-order valence-corrected chi connectivity index (χ3v) is 4.27. The molecule has 0 radical (unpaired) electrons. The molecule has 18 heavy (non-hydrogen) atoms. The quantitative estimate of drug-likeness (QED) is 0.942. The van der Waals surface area contributed by atoms with Gasteiger partial charge < -0.3 is 4.52 Å². The highest BCUT2D eigenvalue weighted by Gasteiger charge is 2.15. The normalized spacial score (nSPS) is 11.7. The molecule has 1 aromatic heterocycles. The molecule has 8 heteroatoms. The van der Waals surface area contributed by atoms with Crippen LogP contribution in [0.3, 0.4) is 0 Å². The molecule has 0 atom stereocenters. The molecule has 0 aliphatic rings. The molecule has 1 N–H and O–H groups in total. The lowest BCUT2D eigenvalue weighted by Gasteiger charge is -2.06. The van der Waals surface area contributed by atoms with E-state index >= 15 is 0 Å². The van der Waals surface area contributed by atoms with E-state index in [4.69, 9.17) is 27.7 Å². The molecule has 5 nitrogen and oxygen atoms in total. The number of halogens is 2. The molecule has 0 saturated heterocycles. The summed E-state index contributed by atoms with van der Waals surface area (Å²) in [6.45, 7) is 0.0164. The van der Waals surface area contributed by atoms with Gasteiger partial charge in [-0.15, -0.1) is 0 Å².